The van der Waals surface area contributed by atoms with Gasteiger partial charge < -0.3 is 10.1 Å². The molecule has 0 aliphatic heterocycles. The number of carbonyl (C=O) groups is 1. The fourth-order valence-corrected chi connectivity index (χ4v) is 3.32. The molecule has 7 heteroatoms. The minimum atomic E-state index is -3.42. The van der Waals surface area contributed by atoms with Crippen molar-refractivity contribution < 1.29 is 17.9 Å². The van der Waals surface area contributed by atoms with Crippen molar-refractivity contribution >= 4 is 21.6 Å². The molecule has 0 aliphatic rings. The first-order valence-electron chi connectivity index (χ1n) is 8.81. The van der Waals surface area contributed by atoms with Crippen molar-refractivity contribution in [2.75, 3.05) is 24.7 Å². The SMILES string of the molecule is CCOc1ccc(NC(=O)CCN(Cc2ccc(C)cc2)S(C)(=O)=O)cc1. The topological polar surface area (TPSA) is 75.7 Å². The summed E-state index contributed by atoms with van der Waals surface area (Å²) in [7, 11) is -3.42. The molecule has 0 atom stereocenters. The number of aryl methyl sites for hydroxylation is 1. The van der Waals surface area contributed by atoms with Crippen molar-refractivity contribution in [2.45, 2.75) is 26.8 Å². The average Bonchev–Trinajstić information content (AvgIpc) is 2.61. The predicted octanol–water partition coefficient (Wildman–Crippen LogP) is 3.18. The molecule has 1 amide bonds. The largest absolute Gasteiger partial charge is 0.494 e. The molecule has 2 aromatic carbocycles. The summed E-state index contributed by atoms with van der Waals surface area (Å²) in [6, 6.07) is 14.7. The molecule has 2 aromatic rings. The molecule has 0 aromatic heterocycles. The van der Waals surface area contributed by atoms with Crippen LogP contribution in [0.15, 0.2) is 48.5 Å². The number of nitrogens with one attached hydrogen (secondary N) is 1. The fraction of sp³-hybridized carbons (Fsp3) is 0.350. The molecule has 0 fully saturated rings. The molecule has 0 unspecified atom stereocenters. The highest BCUT2D eigenvalue weighted by Gasteiger charge is 2.18. The van der Waals surface area contributed by atoms with E-state index < -0.39 is 10.0 Å². The van der Waals surface area contributed by atoms with Crippen molar-refractivity contribution in [1.29, 1.82) is 0 Å². The Balaban J connectivity index is 1.93. The van der Waals surface area contributed by atoms with E-state index in [2.05, 4.69) is 5.32 Å². The van der Waals surface area contributed by atoms with Crippen molar-refractivity contribution in [2.24, 2.45) is 0 Å². The number of sulfonamides is 1. The molecule has 0 saturated carbocycles. The first kappa shape index (κ1) is 20.9. The van der Waals surface area contributed by atoms with Crippen LogP contribution in [-0.2, 0) is 21.4 Å². The number of rotatable bonds is 9. The molecule has 6 nitrogen and oxygen atoms in total. The second-order valence-corrected chi connectivity index (χ2v) is 8.32. The van der Waals surface area contributed by atoms with Crippen LogP contribution in [0.3, 0.4) is 0 Å². The molecular formula is C20H26N2O4S. The Morgan fingerprint density at radius 2 is 1.70 bits per heavy atom. The highest BCUT2D eigenvalue weighted by Crippen LogP contribution is 2.16. The lowest BCUT2D eigenvalue weighted by atomic mass is 10.1. The van der Waals surface area contributed by atoms with Crippen LogP contribution in [0.1, 0.15) is 24.5 Å². The van der Waals surface area contributed by atoms with E-state index in [0.717, 1.165) is 23.1 Å². The monoisotopic (exact) mass is 390 g/mol. The van der Waals surface area contributed by atoms with E-state index in [1.54, 1.807) is 24.3 Å². The molecule has 0 bridgehead atoms. The third-order valence-electron chi connectivity index (χ3n) is 3.99. The zero-order chi connectivity index (χ0) is 19.9. The standard InChI is InChI=1S/C20H26N2O4S/c1-4-26-19-11-9-18(10-12-19)21-20(23)13-14-22(27(3,24)25)15-17-7-5-16(2)6-8-17/h5-12H,4,13-15H2,1-3H3,(H,21,23). The van der Waals surface area contributed by atoms with Gasteiger partial charge in [0.05, 0.1) is 12.9 Å². The first-order chi connectivity index (χ1) is 12.8. The average molecular weight is 391 g/mol. The number of hydrogen-bond acceptors (Lipinski definition) is 4. The number of benzene rings is 2. The van der Waals surface area contributed by atoms with Crippen LogP contribution in [-0.4, -0.2) is 38.0 Å². The second kappa shape index (κ2) is 9.53. The normalized spacial score (nSPS) is 11.4. The highest BCUT2D eigenvalue weighted by molar-refractivity contribution is 7.88. The summed E-state index contributed by atoms with van der Waals surface area (Å²) in [6.45, 7) is 4.82. The molecule has 27 heavy (non-hydrogen) atoms. The van der Waals surface area contributed by atoms with Crippen LogP contribution in [0.5, 0.6) is 5.75 Å². The van der Waals surface area contributed by atoms with E-state index in [4.69, 9.17) is 4.74 Å². The number of amides is 1. The van der Waals surface area contributed by atoms with Gasteiger partial charge in [-0.2, -0.15) is 4.31 Å². The van der Waals surface area contributed by atoms with Crippen LogP contribution in [0.4, 0.5) is 5.69 Å². The summed E-state index contributed by atoms with van der Waals surface area (Å²) in [5.74, 6) is 0.494. The number of nitrogens with zero attached hydrogens (tertiary/aromatic N) is 1. The Bertz CT molecular complexity index is 847. The number of anilines is 1. The Labute approximate surface area is 161 Å². The first-order valence-corrected chi connectivity index (χ1v) is 10.7. The van der Waals surface area contributed by atoms with Gasteiger partial charge >= 0.3 is 0 Å². The lowest BCUT2D eigenvalue weighted by Gasteiger charge is -2.20. The third-order valence-corrected chi connectivity index (χ3v) is 5.24. The Kier molecular flexibility index (Phi) is 7.38. The molecule has 0 saturated heterocycles. The summed E-state index contributed by atoms with van der Waals surface area (Å²) in [4.78, 5) is 12.2. The van der Waals surface area contributed by atoms with Crippen LogP contribution >= 0.6 is 0 Å². The van der Waals surface area contributed by atoms with Gasteiger partial charge in [-0.1, -0.05) is 29.8 Å². The van der Waals surface area contributed by atoms with Crippen LogP contribution in [0.2, 0.25) is 0 Å². The molecule has 146 valence electrons. The van der Waals surface area contributed by atoms with E-state index in [1.807, 2.05) is 38.1 Å². The molecule has 2 rings (SSSR count). The third kappa shape index (κ3) is 7.03. The fourth-order valence-electron chi connectivity index (χ4n) is 2.51. The molecule has 1 N–H and O–H groups in total. The van der Waals surface area contributed by atoms with Gasteiger partial charge in [-0.3, -0.25) is 4.79 Å². The van der Waals surface area contributed by atoms with Gasteiger partial charge in [-0.15, -0.1) is 0 Å². The zero-order valence-electron chi connectivity index (χ0n) is 15.9. The lowest BCUT2D eigenvalue weighted by molar-refractivity contribution is -0.116. The highest BCUT2D eigenvalue weighted by atomic mass is 32.2. The van der Waals surface area contributed by atoms with Crippen LogP contribution < -0.4 is 10.1 Å². The maximum Gasteiger partial charge on any atom is 0.225 e. The minimum absolute atomic E-state index is 0.0755. The Hall–Kier alpha value is -2.38. The van der Waals surface area contributed by atoms with Crippen LogP contribution in [0.25, 0.3) is 0 Å². The van der Waals surface area contributed by atoms with Crippen molar-refractivity contribution in [3.05, 3.63) is 59.7 Å². The van der Waals surface area contributed by atoms with E-state index in [9.17, 15) is 13.2 Å². The minimum Gasteiger partial charge on any atom is -0.494 e. The summed E-state index contributed by atoms with van der Waals surface area (Å²) in [6.07, 6.45) is 1.23. The maximum atomic E-state index is 12.2. The summed E-state index contributed by atoms with van der Waals surface area (Å²) in [5, 5.41) is 2.77. The quantitative estimate of drug-likeness (QED) is 0.713. The van der Waals surface area contributed by atoms with Crippen molar-refractivity contribution in [1.82, 2.24) is 4.31 Å². The maximum absolute atomic E-state index is 12.2. The van der Waals surface area contributed by atoms with Gasteiger partial charge in [0.2, 0.25) is 15.9 Å². The van der Waals surface area contributed by atoms with Gasteiger partial charge in [0.25, 0.3) is 0 Å². The molecule has 0 heterocycles. The second-order valence-electron chi connectivity index (χ2n) is 6.34. The van der Waals surface area contributed by atoms with E-state index >= 15 is 0 Å². The summed E-state index contributed by atoms with van der Waals surface area (Å²) in [5.41, 5.74) is 2.64. The molecule has 0 aliphatic carbocycles. The van der Waals surface area contributed by atoms with Gasteiger partial charge in [-0.05, 0) is 43.7 Å². The van der Waals surface area contributed by atoms with Gasteiger partial charge in [0, 0.05) is 25.2 Å². The van der Waals surface area contributed by atoms with Gasteiger partial charge in [0.15, 0.2) is 0 Å². The number of carbonyl (C=O) groups excluding carboxylic acids is 1. The van der Waals surface area contributed by atoms with Crippen molar-refractivity contribution in [3.63, 3.8) is 0 Å². The smallest absolute Gasteiger partial charge is 0.225 e. The summed E-state index contributed by atoms with van der Waals surface area (Å²) < 4.78 is 30.8. The molecule has 0 spiro atoms. The number of ether oxygens (including phenoxy) is 1. The summed E-state index contributed by atoms with van der Waals surface area (Å²) >= 11 is 0. The van der Waals surface area contributed by atoms with Gasteiger partial charge in [-0.25, -0.2) is 8.42 Å². The van der Waals surface area contributed by atoms with E-state index in [1.165, 1.54) is 4.31 Å². The van der Waals surface area contributed by atoms with Gasteiger partial charge in [0.1, 0.15) is 5.75 Å². The zero-order valence-corrected chi connectivity index (χ0v) is 16.8. The lowest BCUT2D eigenvalue weighted by Crippen LogP contribution is -2.32. The Morgan fingerprint density at radius 3 is 2.26 bits per heavy atom. The predicted molar refractivity (Wildman–Crippen MR) is 107 cm³/mol. The van der Waals surface area contributed by atoms with E-state index in [-0.39, 0.29) is 25.4 Å². The molecule has 0 radical (unpaired) electrons. The molecular weight excluding hydrogens is 364 g/mol. The Morgan fingerprint density at radius 1 is 1.07 bits per heavy atom. The van der Waals surface area contributed by atoms with E-state index in [0.29, 0.717) is 12.3 Å². The van der Waals surface area contributed by atoms with Crippen molar-refractivity contribution in [3.8, 4) is 5.75 Å². The number of hydrogen-bond donors (Lipinski definition) is 1. The van der Waals surface area contributed by atoms with Crippen LogP contribution in [0, 0.1) is 6.92 Å².